The third-order valence-corrected chi connectivity index (χ3v) is 4.17. The first kappa shape index (κ1) is 9.88. The van der Waals surface area contributed by atoms with Gasteiger partial charge in [0.1, 0.15) is 5.78 Å². The Balaban J connectivity index is 2.45. The maximum absolute atomic E-state index is 12.3. The Bertz CT molecular complexity index is 303. The average Bonchev–Trinajstić information content (AvgIpc) is 2.52. The van der Waals surface area contributed by atoms with Gasteiger partial charge < -0.3 is 0 Å². The van der Waals surface area contributed by atoms with Crippen molar-refractivity contribution in [3.05, 3.63) is 0 Å². The standard InChI is InChI=1S/C12H18O2/c1-8-5-4-6-12(8)9(13)7-11(2,3)10(12)14/h8H,4-7H2,1-3H3/t8-,12-/m0/s1. The minimum atomic E-state index is -0.580. The van der Waals surface area contributed by atoms with E-state index in [0.29, 0.717) is 6.42 Å². The summed E-state index contributed by atoms with van der Waals surface area (Å²) in [5.41, 5.74) is -0.987. The average molecular weight is 194 g/mol. The highest BCUT2D eigenvalue weighted by Crippen LogP contribution is 2.54. The van der Waals surface area contributed by atoms with E-state index in [1.54, 1.807) is 0 Å². The van der Waals surface area contributed by atoms with Gasteiger partial charge in [-0.15, -0.1) is 0 Å². The van der Waals surface area contributed by atoms with Crippen LogP contribution in [0.3, 0.4) is 0 Å². The second-order valence-electron chi connectivity index (χ2n) is 5.58. The minimum Gasteiger partial charge on any atom is -0.299 e. The van der Waals surface area contributed by atoms with Crippen molar-refractivity contribution >= 4 is 11.6 Å². The third-order valence-electron chi connectivity index (χ3n) is 4.17. The SMILES string of the molecule is C[C@H]1CCC[C@@]12C(=O)CC(C)(C)C2=O. The molecule has 0 amide bonds. The summed E-state index contributed by atoms with van der Waals surface area (Å²) in [5, 5.41) is 0. The highest BCUT2D eigenvalue weighted by molar-refractivity contribution is 6.16. The molecule has 0 heterocycles. The van der Waals surface area contributed by atoms with Crippen LogP contribution in [0, 0.1) is 16.7 Å². The molecule has 2 heteroatoms. The van der Waals surface area contributed by atoms with Crippen LogP contribution in [-0.4, -0.2) is 11.6 Å². The van der Waals surface area contributed by atoms with Gasteiger partial charge in [-0.25, -0.2) is 0 Å². The lowest BCUT2D eigenvalue weighted by atomic mass is 9.73. The molecule has 0 saturated heterocycles. The van der Waals surface area contributed by atoms with E-state index in [9.17, 15) is 9.59 Å². The fraction of sp³-hybridized carbons (Fsp3) is 0.833. The molecule has 14 heavy (non-hydrogen) atoms. The lowest BCUT2D eigenvalue weighted by Gasteiger charge is -2.27. The Morgan fingerprint density at radius 2 is 1.93 bits per heavy atom. The van der Waals surface area contributed by atoms with Crippen LogP contribution >= 0.6 is 0 Å². The number of Topliss-reactive ketones (excluding diaryl/α,β-unsaturated/α-hetero) is 2. The number of hydrogen-bond donors (Lipinski definition) is 0. The van der Waals surface area contributed by atoms with Crippen molar-refractivity contribution in [1.29, 1.82) is 0 Å². The minimum absolute atomic E-state index is 0.206. The van der Waals surface area contributed by atoms with Crippen LogP contribution < -0.4 is 0 Å². The molecule has 78 valence electrons. The summed E-state index contributed by atoms with van der Waals surface area (Å²) >= 11 is 0. The van der Waals surface area contributed by atoms with Crippen molar-refractivity contribution in [2.45, 2.75) is 46.5 Å². The molecular formula is C12H18O2. The zero-order valence-electron chi connectivity index (χ0n) is 9.22. The van der Waals surface area contributed by atoms with E-state index in [2.05, 4.69) is 6.92 Å². The number of carbonyl (C=O) groups excluding carboxylic acids is 2. The van der Waals surface area contributed by atoms with Crippen LogP contribution in [0.4, 0.5) is 0 Å². The maximum Gasteiger partial charge on any atom is 0.152 e. The summed E-state index contributed by atoms with van der Waals surface area (Å²) in [6.45, 7) is 5.88. The predicted octanol–water partition coefficient (Wildman–Crippen LogP) is 2.36. The molecule has 2 fully saturated rings. The molecule has 2 rings (SSSR count). The van der Waals surface area contributed by atoms with Crippen LogP contribution in [-0.2, 0) is 9.59 Å². The molecule has 0 radical (unpaired) electrons. The second-order valence-corrected chi connectivity index (χ2v) is 5.58. The van der Waals surface area contributed by atoms with Gasteiger partial charge in [-0.05, 0) is 18.8 Å². The molecule has 2 atom stereocenters. The molecule has 0 aliphatic heterocycles. The van der Waals surface area contributed by atoms with E-state index in [1.807, 2.05) is 13.8 Å². The van der Waals surface area contributed by atoms with Gasteiger partial charge in [-0.3, -0.25) is 9.59 Å². The van der Waals surface area contributed by atoms with Crippen LogP contribution in [0.1, 0.15) is 46.5 Å². The fourth-order valence-electron chi connectivity index (χ4n) is 3.30. The molecule has 2 aliphatic carbocycles. The first-order valence-corrected chi connectivity index (χ1v) is 5.49. The van der Waals surface area contributed by atoms with Gasteiger partial charge in [-0.2, -0.15) is 0 Å². The summed E-state index contributed by atoms with van der Waals surface area (Å²) in [6.07, 6.45) is 3.33. The van der Waals surface area contributed by atoms with Gasteiger partial charge in [0.25, 0.3) is 0 Å². The van der Waals surface area contributed by atoms with Crippen molar-refractivity contribution in [3.8, 4) is 0 Å². The van der Waals surface area contributed by atoms with Gasteiger partial charge in [0.15, 0.2) is 5.78 Å². The number of ketones is 2. The molecule has 2 aliphatic rings. The molecule has 0 N–H and O–H groups in total. The largest absolute Gasteiger partial charge is 0.299 e. The lowest BCUT2D eigenvalue weighted by Crippen LogP contribution is -2.38. The van der Waals surface area contributed by atoms with Gasteiger partial charge in [-0.1, -0.05) is 27.2 Å². The van der Waals surface area contributed by atoms with Crippen LogP contribution in [0.5, 0.6) is 0 Å². The Labute approximate surface area is 85.1 Å². The van der Waals surface area contributed by atoms with Gasteiger partial charge in [0.05, 0.1) is 5.41 Å². The van der Waals surface area contributed by atoms with Crippen LogP contribution in [0.15, 0.2) is 0 Å². The fourth-order valence-corrected chi connectivity index (χ4v) is 3.30. The van der Waals surface area contributed by atoms with E-state index in [4.69, 9.17) is 0 Å². The van der Waals surface area contributed by atoms with Gasteiger partial charge >= 0.3 is 0 Å². The molecular weight excluding hydrogens is 176 g/mol. The Hall–Kier alpha value is -0.660. The second kappa shape index (κ2) is 2.68. The zero-order chi connectivity index (χ0) is 10.6. The first-order chi connectivity index (χ1) is 6.41. The van der Waals surface area contributed by atoms with Crippen molar-refractivity contribution in [3.63, 3.8) is 0 Å². The molecule has 2 saturated carbocycles. The third kappa shape index (κ3) is 0.971. The summed E-state index contributed by atoms with van der Waals surface area (Å²) in [5.74, 6) is 0.682. The van der Waals surface area contributed by atoms with Crippen LogP contribution in [0.25, 0.3) is 0 Å². The van der Waals surface area contributed by atoms with Crippen LogP contribution in [0.2, 0.25) is 0 Å². The van der Waals surface area contributed by atoms with Gasteiger partial charge in [0, 0.05) is 11.8 Å². The van der Waals surface area contributed by atoms with Crippen molar-refractivity contribution < 1.29 is 9.59 Å². The maximum atomic E-state index is 12.3. The summed E-state index contributed by atoms with van der Waals surface area (Å²) in [7, 11) is 0. The number of carbonyl (C=O) groups is 2. The summed E-state index contributed by atoms with van der Waals surface area (Å²) in [4.78, 5) is 24.3. The van der Waals surface area contributed by atoms with Gasteiger partial charge in [0.2, 0.25) is 0 Å². The number of hydrogen-bond acceptors (Lipinski definition) is 2. The highest BCUT2D eigenvalue weighted by Gasteiger charge is 2.61. The van der Waals surface area contributed by atoms with E-state index >= 15 is 0 Å². The van der Waals surface area contributed by atoms with Crippen molar-refractivity contribution in [2.75, 3.05) is 0 Å². The van der Waals surface area contributed by atoms with E-state index in [0.717, 1.165) is 19.3 Å². The monoisotopic (exact) mass is 194 g/mol. The molecule has 0 unspecified atom stereocenters. The first-order valence-electron chi connectivity index (χ1n) is 5.49. The van der Waals surface area contributed by atoms with Crippen molar-refractivity contribution in [2.24, 2.45) is 16.7 Å². The smallest absolute Gasteiger partial charge is 0.152 e. The molecule has 0 aromatic heterocycles. The Morgan fingerprint density at radius 1 is 1.29 bits per heavy atom. The molecule has 0 aromatic carbocycles. The Morgan fingerprint density at radius 3 is 2.29 bits per heavy atom. The summed E-state index contributed by atoms with van der Waals surface area (Å²) in [6, 6.07) is 0. The Kier molecular flexibility index (Phi) is 1.89. The van der Waals surface area contributed by atoms with E-state index in [1.165, 1.54) is 0 Å². The van der Waals surface area contributed by atoms with E-state index in [-0.39, 0.29) is 17.5 Å². The quantitative estimate of drug-likeness (QED) is 0.555. The molecule has 0 aromatic rings. The van der Waals surface area contributed by atoms with E-state index < -0.39 is 10.8 Å². The summed E-state index contributed by atoms with van der Waals surface area (Å²) < 4.78 is 0. The van der Waals surface area contributed by atoms with Crippen molar-refractivity contribution in [1.82, 2.24) is 0 Å². The lowest BCUT2D eigenvalue weighted by molar-refractivity contribution is -0.139. The normalized spacial score (nSPS) is 41.2. The topological polar surface area (TPSA) is 34.1 Å². The highest BCUT2D eigenvalue weighted by atomic mass is 16.2. The zero-order valence-corrected chi connectivity index (χ0v) is 9.22. The molecule has 1 spiro atoms. The molecule has 2 nitrogen and oxygen atoms in total. The predicted molar refractivity (Wildman–Crippen MR) is 53.9 cm³/mol. The molecule has 0 bridgehead atoms. The number of rotatable bonds is 0.